The molecule has 28 heavy (non-hydrogen) atoms. The fraction of sp³-hybridized carbons (Fsp3) is 0.545. The quantitative estimate of drug-likeness (QED) is 0.852. The topological polar surface area (TPSA) is 72.5 Å². The molecule has 6 nitrogen and oxygen atoms in total. The third kappa shape index (κ3) is 4.28. The number of rotatable bonds is 4. The van der Waals surface area contributed by atoms with Crippen molar-refractivity contribution >= 4 is 5.91 Å². The predicted molar refractivity (Wildman–Crippen MR) is 109 cm³/mol. The Bertz CT molecular complexity index is 810. The molecule has 2 N–H and O–H groups in total. The number of β-amino-alcohol motifs (C(OH)–C–C–N with tert-alkyl or cyclic N) is 1. The average molecular weight is 383 g/mol. The number of piperidine rings is 2. The molecular weight excluding hydrogens is 352 g/mol. The number of carbonyl (C=O) groups is 1. The molecule has 1 aromatic carbocycles. The molecule has 150 valence electrons. The summed E-state index contributed by atoms with van der Waals surface area (Å²) in [5.74, 6) is 0.593. The van der Waals surface area contributed by atoms with Gasteiger partial charge < -0.3 is 10.0 Å². The maximum Gasteiger partial charge on any atom is 0.236 e. The molecule has 1 unspecified atom stereocenters. The van der Waals surface area contributed by atoms with E-state index in [2.05, 4.69) is 46.3 Å². The fourth-order valence-corrected chi connectivity index (χ4v) is 4.53. The van der Waals surface area contributed by atoms with E-state index in [4.69, 9.17) is 0 Å². The van der Waals surface area contributed by atoms with Crippen molar-refractivity contribution in [1.82, 2.24) is 20.0 Å². The van der Waals surface area contributed by atoms with E-state index < -0.39 is 0 Å². The number of aryl methyl sites for hydroxylation is 1. The maximum absolute atomic E-state index is 12.7. The van der Waals surface area contributed by atoms with Gasteiger partial charge in [-0.3, -0.25) is 14.8 Å². The van der Waals surface area contributed by atoms with E-state index in [1.807, 2.05) is 11.1 Å². The van der Waals surface area contributed by atoms with Gasteiger partial charge in [-0.2, -0.15) is 5.10 Å². The van der Waals surface area contributed by atoms with Gasteiger partial charge in [0.1, 0.15) is 0 Å². The Kier molecular flexibility index (Phi) is 5.78. The van der Waals surface area contributed by atoms with Gasteiger partial charge in [0.25, 0.3) is 0 Å². The summed E-state index contributed by atoms with van der Waals surface area (Å²) in [6.45, 7) is 5.64. The highest BCUT2D eigenvalue weighted by Crippen LogP contribution is 2.34. The second kappa shape index (κ2) is 8.45. The Morgan fingerprint density at radius 3 is 2.82 bits per heavy atom. The normalized spacial score (nSPS) is 21.8. The highest BCUT2D eigenvalue weighted by atomic mass is 16.3. The lowest BCUT2D eigenvalue weighted by molar-refractivity contribution is -0.134. The van der Waals surface area contributed by atoms with Gasteiger partial charge in [0.05, 0.1) is 18.8 Å². The van der Waals surface area contributed by atoms with Crippen LogP contribution in [0.4, 0.5) is 0 Å². The average Bonchev–Trinajstić information content (AvgIpc) is 3.18. The van der Waals surface area contributed by atoms with Gasteiger partial charge in [-0.25, -0.2) is 0 Å². The van der Waals surface area contributed by atoms with Crippen LogP contribution in [0.1, 0.15) is 42.9 Å². The minimum atomic E-state index is -0.285. The van der Waals surface area contributed by atoms with Gasteiger partial charge in [0.15, 0.2) is 0 Å². The van der Waals surface area contributed by atoms with Crippen LogP contribution >= 0.6 is 0 Å². The highest BCUT2D eigenvalue weighted by Gasteiger charge is 2.28. The lowest BCUT2D eigenvalue weighted by atomic mass is 9.89. The number of likely N-dealkylation sites (tertiary alicyclic amines) is 2. The van der Waals surface area contributed by atoms with Crippen LogP contribution in [0.15, 0.2) is 30.5 Å². The Morgan fingerprint density at radius 1 is 1.25 bits per heavy atom. The molecule has 3 heterocycles. The van der Waals surface area contributed by atoms with Crippen LogP contribution in [-0.2, 0) is 4.79 Å². The zero-order valence-electron chi connectivity index (χ0n) is 16.6. The van der Waals surface area contributed by atoms with Crippen molar-refractivity contribution in [1.29, 1.82) is 0 Å². The number of aliphatic hydroxyl groups excluding tert-OH is 1. The Balaban J connectivity index is 1.36. The van der Waals surface area contributed by atoms with E-state index in [-0.39, 0.29) is 12.0 Å². The van der Waals surface area contributed by atoms with Crippen molar-refractivity contribution in [3.8, 4) is 11.1 Å². The predicted octanol–water partition coefficient (Wildman–Crippen LogP) is 2.55. The van der Waals surface area contributed by atoms with Crippen LogP contribution in [0.5, 0.6) is 0 Å². The van der Waals surface area contributed by atoms with Crippen LogP contribution in [0.3, 0.4) is 0 Å². The largest absolute Gasteiger partial charge is 0.392 e. The molecule has 0 saturated carbocycles. The number of amides is 1. The summed E-state index contributed by atoms with van der Waals surface area (Å²) in [5, 5.41) is 17.3. The molecule has 2 saturated heterocycles. The highest BCUT2D eigenvalue weighted by molar-refractivity contribution is 5.78. The van der Waals surface area contributed by atoms with Crippen molar-refractivity contribution < 1.29 is 9.90 Å². The Hall–Kier alpha value is -2.18. The monoisotopic (exact) mass is 382 g/mol. The van der Waals surface area contributed by atoms with E-state index >= 15 is 0 Å². The molecule has 6 heteroatoms. The molecule has 2 aliphatic rings. The number of nitrogens with one attached hydrogen (secondary N) is 1. The maximum atomic E-state index is 12.7. The first-order valence-electron chi connectivity index (χ1n) is 10.4. The summed E-state index contributed by atoms with van der Waals surface area (Å²) in [5.41, 5.74) is 4.81. The Morgan fingerprint density at radius 2 is 2.07 bits per heavy atom. The minimum Gasteiger partial charge on any atom is -0.392 e. The molecule has 0 spiro atoms. The van der Waals surface area contributed by atoms with Gasteiger partial charge in [0.2, 0.25) is 5.91 Å². The summed E-state index contributed by atoms with van der Waals surface area (Å²) < 4.78 is 0. The third-order valence-electron chi connectivity index (χ3n) is 6.09. The van der Waals surface area contributed by atoms with Crippen molar-refractivity contribution in [3.63, 3.8) is 0 Å². The molecule has 0 radical (unpaired) electrons. The molecule has 1 atom stereocenters. The van der Waals surface area contributed by atoms with Gasteiger partial charge >= 0.3 is 0 Å². The first kappa shape index (κ1) is 19.2. The SMILES string of the molecule is Cc1cccc(-c2cn[nH]c2C2CCN(C(=O)CN3CCCC(O)C3)CC2)c1. The van der Waals surface area contributed by atoms with E-state index in [0.717, 1.165) is 45.3 Å². The number of hydrogen-bond donors (Lipinski definition) is 2. The van der Waals surface area contributed by atoms with Crippen LogP contribution in [0.25, 0.3) is 11.1 Å². The van der Waals surface area contributed by atoms with Gasteiger partial charge in [0, 0.05) is 36.8 Å². The van der Waals surface area contributed by atoms with Crippen LogP contribution in [0, 0.1) is 6.92 Å². The summed E-state index contributed by atoms with van der Waals surface area (Å²) in [6.07, 6.45) is 5.36. The number of aliphatic hydroxyl groups is 1. The third-order valence-corrected chi connectivity index (χ3v) is 6.09. The summed E-state index contributed by atoms with van der Waals surface area (Å²) in [4.78, 5) is 16.8. The fourth-order valence-electron chi connectivity index (χ4n) is 4.53. The van der Waals surface area contributed by atoms with Gasteiger partial charge in [-0.15, -0.1) is 0 Å². The molecule has 1 aromatic heterocycles. The second-order valence-corrected chi connectivity index (χ2v) is 8.25. The molecule has 4 rings (SSSR count). The van der Waals surface area contributed by atoms with Crippen LogP contribution < -0.4 is 0 Å². The molecule has 0 aliphatic carbocycles. The number of aromatic amines is 1. The number of H-pyrrole nitrogens is 1. The zero-order valence-corrected chi connectivity index (χ0v) is 16.6. The summed E-state index contributed by atoms with van der Waals surface area (Å²) in [7, 11) is 0. The van der Waals surface area contributed by atoms with Crippen molar-refractivity contribution in [2.75, 3.05) is 32.7 Å². The van der Waals surface area contributed by atoms with Gasteiger partial charge in [-0.05, 0) is 44.7 Å². The molecule has 2 fully saturated rings. The van der Waals surface area contributed by atoms with E-state index in [9.17, 15) is 9.90 Å². The number of hydrogen-bond acceptors (Lipinski definition) is 4. The van der Waals surface area contributed by atoms with Crippen LogP contribution in [-0.4, -0.2) is 69.8 Å². The van der Waals surface area contributed by atoms with Crippen molar-refractivity contribution in [3.05, 3.63) is 41.7 Å². The molecule has 1 amide bonds. The standard InChI is InChI=1S/C22H30N4O2/c1-16-4-2-5-18(12-16)20-13-23-24-22(20)17-7-10-26(11-8-17)21(28)15-25-9-3-6-19(27)14-25/h2,4-5,12-13,17,19,27H,3,6-11,14-15H2,1H3,(H,23,24). The van der Waals surface area contributed by atoms with Crippen molar-refractivity contribution in [2.24, 2.45) is 0 Å². The summed E-state index contributed by atoms with van der Waals surface area (Å²) >= 11 is 0. The number of aromatic nitrogens is 2. The Labute approximate surface area is 166 Å². The van der Waals surface area contributed by atoms with E-state index in [0.29, 0.717) is 19.0 Å². The number of benzene rings is 1. The molecule has 2 aliphatic heterocycles. The summed E-state index contributed by atoms with van der Waals surface area (Å²) in [6, 6.07) is 8.52. The first-order chi connectivity index (χ1) is 13.6. The zero-order chi connectivity index (χ0) is 19.5. The first-order valence-corrected chi connectivity index (χ1v) is 10.4. The number of nitrogens with zero attached hydrogens (tertiary/aromatic N) is 3. The van der Waals surface area contributed by atoms with Gasteiger partial charge in [-0.1, -0.05) is 29.8 Å². The lowest BCUT2D eigenvalue weighted by Crippen LogP contribution is -2.47. The van der Waals surface area contributed by atoms with Crippen LogP contribution in [0.2, 0.25) is 0 Å². The molecular formula is C22H30N4O2. The van der Waals surface area contributed by atoms with E-state index in [1.54, 1.807) is 0 Å². The second-order valence-electron chi connectivity index (χ2n) is 8.25. The minimum absolute atomic E-state index is 0.191. The lowest BCUT2D eigenvalue weighted by Gasteiger charge is -2.35. The number of carbonyl (C=O) groups excluding carboxylic acids is 1. The smallest absolute Gasteiger partial charge is 0.236 e. The van der Waals surface area contributed by atoms with Crippen molar-refractivity contribution in [2.45, 2.75) is 44.6 Å². The molecule has 0 bridgehead atoms. The molecule has 2 aromatic rings. The van der Waals surface area contributed by atoms with E-state index in [1.165, 1.54) is 22.4 Å².